The second-order valence-corrected chi connectivity index (χ2v) is 4.55. The Morgan fingerprint density at radius 1 is 1.26 bits per heavy atom. The number of nitro groups is 1. The highest BCUT2D eigenvalue weighted by molar-refractivity contribution is 5.67. The van der Waals surface area contributed by atoms with Crippen LogP contribution in [0.2, 0.25) is 0 Å². The molecule has 1 amide bonds. The van der Waals surface area contributed by atoms with Gasteiger partial charge in [0.1, 0.15) is 12.8 Å². The highest BCUT2D eigenvalue weighted by atomic mass is 16.6. The van der Waals surface area contributed by atoms with Gasteiger partial charge < -0.3 is 20.2 Å². The van der Waals surface area contributed by atoms with Crippen LogP contribution >= 0.6 is 0 Å². The quantitative estimate of drug-likeness (QED) is 0.653. The van der Waals surface area contributed by atoms with Gasteiger partial charge in [-0.2, -0.15) is 0 Å². The Labute approximate surface area is 132 Å². The lowest BCUT2D eigenvalue weighted by atomic mass is 10.2. The number of nitrogens with one attached hydrogen (secondary N) is 1. The second-order valence-electron chi connectivity index (χ2n) is 4.55. The van der Waals surface area contributed by atoms with E-state index in [2.05, 4.69) is 10.3 Å². The van der Waals surface area contributed by atoms with E-state index in [1.54, 1.807) is 18.2 Å². The predicted octanol–water partition coefficient (Wildman–Crippen LogP) is 2.93. The molecule has 0 saturated carbocycles. The van der Waals surface area contributed by atoms with Gasteiger partial charge in [-0.3, -0.25) is 0 Å². The normalized spacial score (nSPS) is 10.4. The van der Waals surface area contributed by atoms with Gasteiger partial charge in [-0.15, -0.1) is 0 Å². The van der Waals surface area contributed by atoms with Crippen LogP contribution in [0.1, 0.15) is 11.1 Å². The molecule has 2 rings (SSSR count). The Balaban J connectivity index is 1.71. The maximum Gasteiger partial charge on any atom is 0.407 e. The van der Waals surface area contributed by atoms with Gasteiger partial charge in [-0.1, -0.05) is 42.5 Å². The average Bonchev–Trinajstić information content (AvgIpc) is 2.58. The van der Waals surface area contributed by atoms with Crippen molar-refractivity contribution in [2.75, 3.05) is 6.54 Å². The molecule has 0 radical (unpaired) electrons. The van der Waals surface area contributed by atoms with Crippen LogP contribution in [0.4, 0.5) is 10.6 Å². The highest BCUT2D eigenvalue weighted by Crippen LogP contribution is 2.08. The number of pyridine rings is 1. The lowest BCUT2D eigenvalue weighted by molar-refractivity contribution is -0.389. The van der Waals surface area contributed by atoms with E-state index in [-0.39, 0.29) is 19.0 Å². The molecule has 0 aliphatic rings. The van der Waals surface area contributed by atoms with Crippen molar-refractivity contribution in [1.29, 1.82) is 0 Å². The van der Waals surface area contributed by atoms with Crippen molar-refractivity contribution in [3.05, 3.63) is 76.0 Å². The summed E-state index contributed by atoms with van der Waals surface area (Å²) in [5.41, 5.74) is 1.62. The number of rotatable bonds is 6. The first-order valence-electron chi connectivity index (χ1n) is 6.86. The number of amides is 1. The van der Waals surface area contributed by atoms with Crippen LogP contribution in [0.5, 0.6) is 0 Å². The number of hydrogen-bond acceptors (Lipinski definition) is 5. The summed E-state index contributed by atoms with van der Waals surface area (Å²) in [6.45, 7) is 0.493. The summed E-state index contributed by atoms with van der Waals surface area (Å²) < 4.78 is 5.05. The number of carbonyl (C=O) groups is 1. The standard InChI is InChI=1S/C16H15N3O4/c20-16(23-12-14-5-2-1-3-6-14)17-10-4-7-13-8-9-15(18-11-13)19(21)22/h1-9,11H,10,12H2,(H,17,20). The summed E-state index contributed by atoms with van der Waals surface area (Å²) in [4.78, 5) is 25.1. The number of ether oxygens (including phenoxy) is 1. The van der Waals surface area contributed by atoms with E-state index in [0.717, 1.165) is 5.56 Å². The van der Waals surface area contributed by atoms with E-state index in [0.29, 0.717) is 5.56 Å². The Kier molecular flexibility index (Phi) is 5.81. The Morgan fingerprint density at radius 2 is 2.04 bits per heavy atom. The lowest BCUT2D eigenvalue weighted by Crippen LogP contribution is -2.24. The fourth-order valence-electron chi connectivity index (χ4n) is 1.72. The molecule has 0 aliphatic heterocycles. The fourth-order valence-corrected chi connectivity index (χ4v) is 1.72. The molecule has 1 aromatic carbocycles. The zero-order chi connectivity index (χ0) is 16.5. The van der Waals surface area contributed by atoms with Gasteiger partial charge in [0.2, 0.25) is 0 Å². The molecule has 1 aromatic heterocycles. The molecule has 0 atom stereocenters. The van der Waals surface area contributed by atoms with E-state index in [4.69, 9.17) is 4.74 Å². The third-order valence-corrected chi connectivity index (χ3v) is 2.85. The Morgan fingerprint density at radius 3 is 2.70 bits per heavy atom. The second kappa shape index (κ2) is 8.28. The van der Waals surface area contributed by atoms with E-state index < -0.39 is 11.0 Å². The van der Waals surface area contributed by atoms with Crippen LogP contribution in [0.25, 0.3) is 6.08 Å². The minimum Gasteiger partial charge on any atom is -0.445 e. The predicted molar refractivity (Wildman–Crippen MR) is 84.6 cm³/mol. The fraction of sp³-hybridized carbons (Fsp3) is 0.125. The number of hydrogen-bond donors (Lipinski definition) is 1. The third-order valence-electron chi connectivity index (χ3n) is 2.85. The van der Waals surface area contributed by atoms with Crippen molar-refractivity contribution in [3.63, 3.8) is 0 Å². The topological polar surface area (TPSA) is 94.4 Å². The van der Waals surface area contributed by atoms with Gasteiger partial charge in [0, 0.05) is 18.2 Å². The Hall–Kier alpha value is -3.22. The summed E-state index contributed by atoms with van der Waals surface area (Å²) in [5.74, 6) is -0.204. The number of carbonyl (C=O) groups excluding carboxylic acids is 1. The highest BCUT2D eigenvalue weighted by Gasteiger charge is 2.04. The van der Waals surface area contributed by atoms with Crippen molar-refractivity contribution >= 4 is 18.0 Å². The van der Waals surface area contributed by atoms with Crippen molar-refractivity contribution in [3.8, 4) is 0 Å². The van der Waals surface area contributed by atoms with Gasteiger partial charge in [0.15, 0.2) is 0 Å². The maximum absolute atomic E-state index is 11.5. The Bertz CT molecular complexity index is 684. The molecule has 0 fully saturated rings. The molecule has 0 spiro atoms. The van der Waals surface area contributed by atoms with E-state index >= 15 is 0 Å². The van der Waals surface area contributed by atoms with Crippen molar-refractivity contribution in [2.45, 2.75) is 6.61 Å². The first-order chi connectivity index (χ1) is 11.1. The summed E-state index contributed by atoms with van der Waals surface area (Å²) in [7, 11) is 0. The summed E-state index contributed by atoms with van der Waals surface area (Å²) in [6.07, 6.45) is 4.28. The number of nitrogens with zero attached hydrogens (tertiary/aromatic N) is 2. The van der Waals surface area contributed by atoms with Crippen LogP contribution < -0.4 is 5.32 Å². The van der Waals surface area contributed by atoms with Crippen molar-refractivity contribution in [2.24, 2.45) is 0 Å². The largest absolute Gasteiger partial charge is 0.445 e. The minimum absolute atomic E-state index is 0.204. The van der Waals surface area contributed by atoms with E-state index in [1.807, 2.05) is 30.3 Å². The molecular formula is C16H15N3O4. The lowest BCUT2D eigenvalue weighted by Gasteiger charge is -2.05. The smallest absolute Gasteiger partial charge is 0.407 e. The zero-order valence-electron chi connectivity index (χ0n) is 12.2. The van der Waals surface area contributed by atoms with Gasteiger partial charge >= 0.3 is 11.9 Å². The first-order valence-corrected chi connectivity index (χ1v) is 6.86. The molecule has 1 heterocycles. The first kappa shape index (κ1) is 16.2. The number of aromatic nitrogens is 1. The molecule has 0 saturated heterocycles. The third kappa shape index (κ3) is 5.58. The van der Waals surface area contributed by atoms with Crippen LogP contribution in [0, 0.1) is 10.1 Å². The number of benzene rings is 1. The van der Waals surface area contributed by atoms with Gasteiger partial charge in [0.05, 0.1) is 0 Å². The minimum atomic E-state index is -0.558. The summed E-state index contributed by atoms with van der Waals surface area (Å²) in [6, 6.07) is 12.3. The van der Waals surface area contributed by atoms with E-state index in [1.165, 1.54) is 12.3 Å². The molecule has 0 unspecified atom stereocenters. The maximum atomic E-state index is 11.5. The van der Waals surface area contributed by atoms with E-state index in [9.17, 15) is 14.9 Å². The van der Waals surface area contributed by atoms with Crippen LogP contribution in [-0.4, -0.2) is 22.5 Å². The molecule has 0 aliphatic carbocycles. The van der Waals surface area contributed by atoms with Gasteiger partial charge in [-0.05, 0) is 21.5 Å². The van der Waals surface area contributed by atoms with Crippen molar-refractivity contribution < 1.29 is 14.5 Å². The average molecular weight is 313 g/mol. The molecule has 7 nitrogen and oxygen atoms in total. The zero-order valence-corrected chi connectivity index (χ0v) is 12.2. The molecule has 23 heavy (non-hydrogen) atoms. The molecule has 0 bridgehead atoms. The van der Waals surface area contributed by atoms with Crippen molar-refractivity contribution in [1.82, 2.24) is 10.3 Å². The molecule has 1 N–H and O–H groups in total. The van der Waals surface area contributed by atoms with Crippen LogP contribution in [0.3, 0.4) is 0 Å². The molecule has 7 heteroatoms. The molecule has 2 aromatic rings. The number of alkyl carbamates (subject to hydrolysis) is 1. The monoisotopic (exact) mass is 313 g/mol. The SMILES string of the molecule is O=C(NCC=Cc1ccc([N+](=O)[O-])nc1)OCc1ccccc1. The molecule has 118 valence electrons. The molecular weight excluding hydrogens is 298 g/mol. The van der Waals surface area contributed by atoms with Crippen LogP contribution in [-0.2, 0) is 11.3 Å². The summed E-state index contributed by atoms with van der Waals surface area (Å²) in [5, 5.41) is 13.1. The van der Waals surface area contributed by atoms with Gasteiger partial charge in [0.25, 0.3) is 0 Å². The summed E-state index contributed by atoms with van der Waals surface area (Å²) >= 11 is 0. The van der Waals surface area contributed by atoms with Gasteiger partial charge in [-0.25, -0.2) is 4.79 Å². The van der Waals surface area contributed by atoms with Crippen LogP contribution in [0.15, 0.2) is 54.7 Å².